The average molecular weight is 290 g/mol. The first-order valence-corrected chi connectivity index (χ1v) is 6.87. The molecular formula is C15H18N2O4. The van der Waals surface area contributed by atoms with E-state index < -0.39 is 11.0 Å². The Morgan fingerprint density at radius 1 is 1.52 bits per heavy atom. The number of hydrogen-bond donors (Lipinski definition) is 1. The van der Waals surface area contributed by atoms with E-state index >= 15 is 0 Å². The summed E-state index contributed by atoms with van der Waals surface area (Å²) in [7, 11) is 0. The summed E-state index contributed by atoms with van der Waals surface area (Å²) in [5.74, 6) is 0.0160. The molecule has 112 valence electrons. The number of carbonyl (C=O) groups excluding carboxylic acids is 1. The normalized spacial score (nSPS) is 22.5. The van der Waals surface area contributed by atoms with E-state index in [9.17, 15) is 20.0 Å². The maximum Gasteiger partial charge on any atom is 0.270 e. The molecule has 1 heterocycles. The van der Waals surface area contributed by atoms with Gasteiger partial charge in [-0.2, -0.15) is 0 Å². The smallest absolute Gasteiger partial charge is 0.270 e. The number of rotatable bonds is 3. The number of nitro benzene ring substituents is 1. The minimum absolute atomic E-state index is 0.00758. The van der Waals surface area contributed by atoms with E-state index in [0.717, 1.165) is 6.42 Å². The number of hydrogen-bond acceptors (Lipinski definition) is 4. The molecule has 0 radical (unpaired) electrons. The molecule has 1 amide bonds. The molecule has 21 heavy (non-hydrogen) atoms. The molecule has 1 saturated heterocycles. The van der Waals surface area contributed by atoms with Crippen molar-refractivity contribution in [3.05, 3.63) is 46.0 Å². The van der Waals surface area contributed by atoms with Crippen molar-refractivity contribution in [1.29, 1.82) is 0 Å². The van der Waals surface area contributed by atoms with Crippen LogP contribution in [0, 0.1) is 16.0 Å². The Morgan fingerprint density at radius 2 is 2.29 bits per heavy atom. The van der Waals surface area contributed by atoms with Crippen LogP contribution in [0.15, 0.2) is 30.3 Å². The van der Waals surface area contributed by atoms with Crippen molar-refractivity contribution in [3.63, 3.8) is 0 Å². The van der Waals surface area contributed by atoms with Gasteiger partial charge in [0.25, 0.3) is 5.69 Å². The molecule has 0 aromatic heterocycles. The highest BCUT2D eigenvalue weighted by molar-refractivity contribution is 5.92. The van der Waals surface area contributed by atoms with Crippen molar-refractivity contribution < 1.29 is 14.8 Å². The average Bonchev–Trinajstić information content (AvgIpc) is 2.48. The van der Waals surface area contributed by atoms with Gasteiger partial charge in [0, 0.05) is 31.3 Å². The van der Waals surface area contributed by atoms with Crippen LogP contribution >= 0.6 is 0 Å². The van der Waals surface area contributed by atoms with E-state index in [1.165, 1.54) is 18.2 Å². The Labute approximate surface area is 122 Å². The first-order valence-electron chi connectivity index (χ1n) is 6.87. The number of aliphatic hydroxyl groups is 1. The van der Waals surface area contributed by atoms with Crippen LogP contribution in [-0.2, 0) is 4.79 Å². The third-order valence-electron chi connectivity index (χ3n) is 3.73. The molecule has 1 aliphatic rings. The number of β-amino-alcohol motifs (C(OH)–C–C–N with tert-alkyl or cyclic N) is 1. The van der Waals surface area contributed by atoms with Crippen LogP contribution < -0.4 is 0 Å². The van der Waals surface area contributed by atoms with E-state index in [1.807, 2.05) is 6.92 Å². The van der Waals surface area contributed by atoms with Gasteiger partial charge < -0.3 is 10.0 Å². The fourth-order valence-electron chi connectivity index (χ4n) is 2.26. The van der Waals surface area contributed by atoms with E-state index in [4.69, 9.17) is 0 Å². The zero-order valence-corrected chi connectivity index (χ0v) is 11.8. The van der Waals surface area contributed by atoms with Gasteiger partial charge in [-0.05, 0) is 24.0 Å². The number of nitro groups is 1. The predicted molar refractivity (Wildman–Crippen MR) is 78.5 cm³/mol. The van der Waals surface area contributed by atoms with Crippen LogP contribution in [0.2, 0.25) is 0 Å². The van der Waals surface area contributed by atoms with Crippen molar-refractivity contribution >= 4 is 17.7 Å². The van der Waals surface area contributed by atoms with Crippen LogP contribution in [0.3, 0.4) is 0 Å². The van der Waals surface area contributed by atoms with Crippen LogP contribution in [-0.4, -0.2) is 40.0 Å². The summed E-state index contributed by atoms with van der Waals surface area (Å²) >= 11 is 0. The second-order valence-electron chi connectivity index (χ2n) is 5.30. The molecule has 1 aromatic rings. The highest BCUT2D eigenvalue weighted by atomic mass is 16.6. The van der Waals surface area contributed by atoms with Crippen molar-refractivity contribution in [2.75, 3.05) is 13.1 Å². The molecule has 1 aliphatic heterocycles. The maximum atomic E-state index is 12.0. The minimum Gasteiger partial charge on any atom is -0.391 e. The maximum absolute atomic E-state index is 12.0. The van der Waals surface area contributed by atoms with E-state index in [-0.39, 0.29) is 17.5 Å². The Balaban J connectivity index is 2.02. The van der Waals surface area contributed by atoms with E-state index in [2.05, 4.69) is 0 Å². The quantitative estimate of drug-likeness (QED) is 0.523. The van der Waals surface area contributed by atoms with Crippen LogP contribution in [0.1, 0.15) is 18.9 Å². The molecule has 6 nitrogen and oxygen atoms in total. The van der Waals surface area contributed by atoms with Crippen LogP contribution in [0.25, 0.3) is 6.08 Å². The van der Waals surface area contributed by atoms with E-state index in [1.54, 1.807) is 23.1 Å². The number of amides is 1. The van der Waals surface area contributed by atoms with E-state index in [0.29, 0.717) is 18.7 Å². The Kier molecular flexibility index (Phi) is 4.70. The van der Waals surface area contributed by atoms with Crippen molar-refractivity contribution in [2.45, 2.75) is 19.4 Å². The van der Waals surface area contributed by atoms with Gasteiger partial charge in [-0.3, -0.25) is 14.9 Å². The van der Waals surface area contributed by atoms with Crippen molar-refractivity contribution in [3.8, 4) is 0 Å². The van der Waals surface area contributed by atoms with Crippen molar-refractivity contribution in [1.82, 2.24) is 4.90 Å². The fourth-order valence-corrected chi connectivity index (χ4v) is 2.26. The molecule has 0 saturated carbocycles. The molecule has 1 N–H and O–H groups in total. The monoisotopic (exact) mass is 290 g/mol. The van der Waals surface area contributed by atoms with Crippen molar-refractivity contribution in [2.24, 2.45) is 5.92 Å². The number of likely N-dealkylation sites (tertiary alicyclic amines) is 1. The van der Waals surface area contributed by atoms with Gasteiger partial charge in [0.1, 0.15) is 0 Å². The second kappa shape index (κ2) is 6.49. The minimum atomic E-state index is -0.492. The zero-order chi connectivity index (χ0) is 15.4. The van der Waals surface area contributed by atoms with Crippen LogP contribution in [0.4, 0.5) is 5.69 Å². The fraction of sp³-hybridized carbons (Fsp3) is 0.400. The Hall–Kier alpha value is -2.21. The number of aliphatic hydroxyl groups excluding tert-OH is 1. The molecule has 0 aliphatic carbocycles. The Morgan fingerprint density at radius 3 is 2.95 bits per heavy atom. The highest BCUT2D eigenvalue weighted by Gasteiger charge is 2.26. The topological polar surface area (TPSA) is 83.7 Å². The van der Waals surface area contributed by atoms with Gasteiger partial charge >= 0.3 is 0 Å². The van der Waals surface area contributed by atoms with Crippen LogP contribution in [0.5, 0.6) is 0 Å². The van der Waals surface area contributed by atoms with Gasteiger partial charge in [-0.1, -0.05) is 19.1 Å². The third kappa shape index (κ3) is 3.88. The second-order valence-corrected chi connectivity index (χ2v) is 5.30. The molecule has 2 atom stereocenters. The summed E-state index contributed by atoms with van der Waals surface area (Å²) in [6.45, 7) is 2.92. The predicted octanol–water partition coefficient (Wildman–Crippen LogP) is 1.84. The summed E-state index contributed by atoms with van der Waals surface area (Å²) in [6.07, 6.45) is 3.23. The number of piperidine rings is 1. The largest absolute Gasteiger partial charge is 0.391 e. The third-order valence-corrected chi connectivity index (χ3v) is 3.73. The molecule has 1 aromatic carbocycles. The highest BCUT2D eigenvalue weighted by Crippen LogP contribution is 2.18. The molecule has 0 bridgehead atoms. The van der Waals surface area contributed by atoms with Gasteiger partial charge in [0.05, 0.1) is 11.0 Å². The number of non-ortho nitro benzene ring substituents is 1. The number of carbonyl (C=O) groups is 1. The van der Waals surface area contributed by atoms with Gasteiger partial charge in [-0.15, -0.1) is 0 Å². The summed E-state index contributed by atoms with van der Waals surface area (Å²) in [4.78, 5) is 23.8. The molecule has 0 spiro atoms. The SMILES string of the molecule is CC1CCN(C(=O)/C=C/c2cccc([N+](=O)[O-])c2)CC1O. The first kappa shape index (κ1) is 15.2. The molecule has 2 unspecified atom stereocenters. The van der Waals surface area contributed by atoms with Gasteiger partial charge in [-0.25, -0.2) is 0 Å². The lowest BCUT2D eigenvalue weighted by Crippen LogP contribution is -2.45. The van der Waals surface area contributed by atoms with Gasteiger partial charge in [0.15, 0.2) is 0 Å². The zero-order valence-electron chi connectivity index (χ0n) is 11.8. The molecular weight excluding hydrogens is 272 g/mol. The summed E-state index contributed by atoms with van der Waals surface area (Å²) in [5, 5.41) is 20.5. The molecule has 6 heteroatoms. The summed E-state index contributed by atoms with van der Waals surface area (Å²) < 4.78 is 0. The standard InChI is InChI=1S/C15H18N2O4/c1-11-7-8-16(10-14(11)18)15(19)6-5-12-3-2-4-13(9-12)17(20)21/h2-6,9,11,14,18H,7-8,10H2,1H3/b6-5+. The molecule has 2 rings (SSSR count). The number of benzene rings is 1. The summed E-state index contributed by atoms with van der Waals surface area (Å²) in [5.41, 5.74) is 0.593. The lowest BCUT2D eigenvalue weighted by molar-refractivity contribution is -0.384. The summed E-state index contributed by atoms with van der Waals surface area (Å²) in [6, 6.07) is 6.09. The lowest BCUT2D eigenvalue weighted by Gasteiger charge is -2.33. The first-order chi connectivity index (χ1) is 9.97. The number of nitrogens with zero attached hydrogens (tertiary/aromatic N) is 2. The lowest BCUT2D eigenvalue weighted by atomic mass is 9.96. The van der Waals surface area contributed by atoms with Gasteiger partial charge in [0.2, 0.25) is 5.91 Å². The Bertz CT molecular complexity index is 571. The molecule has 1 fully saturated rings.